The Morgan fingerprint density at radius 3 is 1.82 bits per heavy atom. The molecule has 1 aliphatic rings. The second kappa shape index (κ2) is 16.9. The van der Waals surface area contributed by atoms with Crippen LogP contribution in [0.4, 0.5) is 4.79 Å². The van der Waals surface area contributed by atoms with E-state index in [9.17, 15) is 19.8 Å². The lowest BCUT2D eigenvalue weighted by Gasteiger charge is -2.44. The standard InChI is InChI=1S/C33H39NO10/c1-22(27(31(37)39-2)34-33(38)42-21-25-16-10-5-11-17-25)43-32-30(41-20-24-14-8-4-9-15-24)29(28(36)26(18-35)44-32)40-19-23-12-6-3-7-13-23/h3-17,22,26-30,32,35-36H,18-21H2,1-2H3,(H,34,38). The van der Waals surface area contributed by atoms with Gasteiger partial charge in [-0.2, -0.15) is 0 Å². The van der Waals surface area contributed by atoms with Crippen LogP contribution >= 0.6 is 0 Å². The lowest BCUT2D eigenvalue weighted by Crippen LogP contribution is -2.62. The molecule has 3 N–H and O–H groups in total. The van der Waals surface area contributed by atoms with Crippen molar-refractivity contribution in [3.63, 3.8) is 0 Å². The van der Waals surface area contributed by atoms with Crippen molar-refractivity contribution in [1.29, 1.82) is 0 Å². The summed E-state index contributed by atoms with van der Waals surface area (Å²) in [5.74, 6) is -0.776. The van der Waals surface area contributed by atoms with Crippen LogP contribution in [0.25, 0.3) is 0 Å². The molecular formula is C33H39NO10. The summed E-state index contributed by atoms with van der Waals surface area (Å²) in [6.45, 7) is 1.29. The number of ether oxygens (including phenoxy) is 6. The fourth-order valence-electron chi connectivity index (χ4n) is 4.73. The van der Waals surface area contributed by atoms with Crippen LogP contribution < -0.4 is 5.32 Å². The van der Waals surface area contributed by atoms with Crippen LogP contribution in [0, 0.1) is 0 Å². The monoisotopic (exact) mass is 609 g/mol. The Balaban J connectivity index is 1.51. The van der Waals surface area contributed by atoms with Crippen LogP contribution in [0.2, 0.25) is 0 Å². The second-order valence-corrected chi connectivity index (χ2v) is 10.3. The van der Waals surface area contributed by atoms with E-state index >= 15 is 0 Å². The smallest absolute Gasteiger partial charge is 0.408 e. The number of amides is 1. The van der Waals surface area contributed by atoms with Gasteiger partial charge in [-0.15, -0.1) is 0 Å². The minimum atomic E-state index is -1.29. The zero-order valence-electron chi connectivity index (χ0n) is 24.7. The van der Waals surface area contributed by atoms with Crippen molar-refractivity contribution in [1.82, 2.24) is 5.32 Å². The van der Waals surface area contributed by atoms with E-state index in [1.54, 1.807) is 19.1 Å². The molecule has 0 radical (unpaired) electrons. The number of hydrogen-bond acceptors (Lipinski definition) is 10. The van der Waals surface area contributed by atoms with Crippen molar-refractivity contribution >= 4 is 12.1 Å². The van der Waals surface area contributed by atoms with E-state index in [0.29, 0.717) is 0 Å². The highest BCUT2D eigenvalue weighted by molar-refractivity contribution is 5.81. The van der Waals surface area contributed by atoms with E-state index in [2.05, 4.69) is 5.32 Å². The van der Waals surface area contributed by atoms with Gasteiger partial charge in [0.15, 0.2) is 12.3 Å². The molecule has 1 aliphatic heterocycles. The van der Waals surface area contributed by atoms with Gasteiger partial charge in [0.05, 0.1) is 33.0 Å². The summed E-state index contributed by atoms with van der Waals surface area (Å²) in [5.41, 5.74) is 2.49. The van der Waals surface area contributed by atoms with Gasteiger partial charge < -0.3 is 44.0 Å². The molecule has 7 unspecified atom stereocenters. The Bertz CT molecular complexity index is 1280. The van der Waals surface area contributed by atoms with Crippen LogP contribution in [-0.4, -0.2) is 78.8 Å². The van der Waals surface area contributed by atoms with Crippen LogP contribution in [0.5, 0.6) is 0 Å². The number of aliphatic hydroxyl groups is 2. The van der Waals surface area contributed by atoms with Gasteiger partial charge in [0.1, 0.15) is 31.0 Å². The van der Waals surface area contributed by atoms with Crippen LogP contribution in [0.3, 0.4) is 0 Å². The summed E-state index contributed by atoms with van der Waals surface area (Å²) >= 11 is 0. The molecule has 1 fully saturated rings. The number of alkyl carbamates (subject to hydrolysis) is 1. The summed E-state index contributed by atoms with van der Waals surface area (Å²) in [5, 5.41) is 23.7. The predicted molar refractivity (Wildman–Crippen MR) is 158 cm³/mol. The second-order valence-electron chi connectivity index (χ2n) is 10.3. The van der Waals surface area contributed by atoms with Gasteiger partial charge in [-0.1, -0.05) is 91.0 Å². The maximum atomic E-state index is 12.7. The van der Waals surface area contributed by atoms with Gasteiger partial charge in [-0.05, 0) is 23.6 Å². The zero-order valence-corrected chi connectivity index (χ0v) is 24.7. The molecule has 1 amide bonds. The van der Waals surface area contributed by atoms with Gasteiger partial charge in [0.25, 0.3) is 0 Å². The number of rotatable bonds is 14. The molecule has 0 aromatic heterocycles. The van der Waals surface area contributed by atoms with Crippen LogP contribution in [-0.2, 0) is 53.0 Å². The molecular weight excluding hydrogens is 570 g/mol. The molecule has 4 rings (SSSR count). The SMILES string of the molecule is COC(=O)C(NC(=O)OCc1ccccc1)C(C)OC1OC(CO)C(O)C(OCc2ccccc2)C1OCc1ccccc1. The first-order valence-electron chi connectivity index (χ1n) is 14.4. The zero-order chi connectivity index (χ0) is 31.3. The van der Waals surface area contributed by atoms with Crippen molar-refractivity contribution in [2.24, 2.45) is 0 Å². The maximum Gasteiger partial charge on any atom is 0.408 e. The van der Waals surface area contributed by atoms with Crippen molar-refractivity contribution < 1.29 is 48.2 Å². The van der Waals surface area contributed by atoms with Gasteiger partial charge in [-0.3, -0.25) is 0 Å². The Kier molecular flexibility index (Phi) is 12.7. The highest BCUT2D eigenvalue weighted by Gasteiger charge is 2.48. The van der Waals surface area contributed by atoms with E-state index in [0.717, 1.165) is 16.7 Å². The number of aliphatic hydroxyl groups excluding tert-OH is 2. The molecule has 1 saturated heterocycles. The topological polar surface area (TPSA) is 142 Å². The minimum absolute atomic E-state index is 0.00651. The van der Waals surface area contributed by atoms with E-state index in [-0.39, 0.29) is 19.8 Å². The third-order valence-electron chi connectivity index (χ3n) is 7.13. The summed E-state index contributed by atoms with van der Waals surface area (Å²) < 4.78 is 34.7. The first-order chi connectivity index (χ1) is 21.4. The molecule has 236 valence electrons. The molecule has 7 atom stereocenters. The molecule has 0 bridgehead atoms. The average Bonchev–Trinajstić information content (AvgIpc) is 3.06. The highest BCUT2D eigenvalue weighted by atomic mass is 16.7. The van der Waals surface area contributed by atoms with Crippen molar-refractivity contribution in [2.45, 2.75) is 69.6 Å². The fraction of sp³-hybridized carbons (Fsp3) is 0.394. The third-order valence-corrected chi connectivity index (χ3v) is 7.13. The summed E-state index contributed by atoms with van der Waals surface area (Å²) in [7, 11) is 1.19. The number of esters is 1. The van der Waals surface area contributed by atoms with Gasteiger partial charge >= 0.3 is 12.1 Å². The number of carbonyl (C=O) groups excluding carboxylic acids is 2. The first kappa shape index (κ1) is 33.1. The normalized spacial score (nSPS) is 22.9. The Morgan fingerprint density at radius 2 is 1.32 bits per heavy atom. The number of carbonyl (C=O) groups is 2. The quantitative estimate of drug-likeness (QED) is 0.234. The largest absolute Gasteiger partial charge is 0.467 e. The lowest BCUT2D eigenvalue weighted by atomic mass is 9.98. The average molecular weight is 610 g/mol. The Labute approximate surface area is 256 Å². The highest BCUT2D eigenvalue weighted by Crippen LogP contribution is 2.29. The van der Waals surface area contributed by atoms with Crippen LogP contribution in [0.1, 0.15) is 23.6 Å². The van der Waals surface area contributed by atoms with E-state index in [4.69, 9.17) is 28.4 Å². The van der Waals surface area contributed by atoms with Gasteiger partial charge in [0, 0.05) is 0 Å². The lowest BCUT2D eigenvalue weighted by molar-refractivity contribution is -0.328. The van der Waals surface area contributed by atoms with Crippen molar-refractivity contribution in [3.05, 3.63) is 108 Å². The van der Waals surface area contributed by atoms with Gasteiger partial charge in [-0.25, -0.2) is 9.59 Å². The summed E-state index contributed by atoms with van der Waals surface area (Å²) in [6.07, 6.45) is -7.42. The summed E-state index contributed by atoms with van der Waals surface area (Å²) in [4.78, 5) is 25.4. The number of benzene rings is 3. The predicted octanol–water partition coefficient (Wildman–Crippen LogP) is 3.11. The minimum Gasteiger partial charge on any atom is -0.467 e. The molecule has 1 heterocycles. The molecule has 3 aromatic carbocycles. The molecule has 0 saturated carbocycles. The molecule has 11 heteroatoms. The van der Waals surface area contributed by atoms with Crippen molar-refractivity contribution in [3.8, 4) is 0 Å². The molecule has 3 aromatic rings. The van der Waals surface area contributed by atoms with E-state index < -0.39 is 61.5 Å². The maximum absolute atomic E-state index is 12.7. The number of nitrogens with one attached hydrogen (secondary N) is 1. The molecule has 44 heavy (non-hydrogen) atoms. The van der Waals surface area contributed by atoms with E-state index in [1.807, 2.05) is 78.9 Å². The Morgan fingerprint density at radius 1 is 0.818 bits per heavy atom. The Hall–Kier alpha value is -3.84. The molecule has 0 spiro atoms. The van der Waals surface area contributed by atoms with Crippen molar-refractivity contribution in [2.75, 3.05) is 13.7 Å². The van der Waals surface area contributed by atoms with Crippen LogP contribution in [0.15, 0.2) is 91.0 Å². The summed E-state index contributed by atoms with van der Waals surface area (Å²) in [6, 6.07) is 26.6. The van der Waals surface area contributed by atoms with Gasteiger partial charge in [0.2, 0.25) is 0 Å². The number of hydrogen-bond donors (Lipinski definition) is 3. The first-order valence-corrected chi connectivity index (χ1v) is 14.4. The van der Waals surface area contributed by atoms with E-state index in [1.165, 1.54) is 7.11 Å². The molecule has 0 aliphatic carbocycles. The third kappa shape index (κ3) is 9.33. The fourth-order valence-corrected chi connectivity index (χ4v) is 4.73. The molecule has 11 nitrogen and oxygen atoms in total. The number of methoxy groups -OCH3 is 1.